The highest BCUT2D eigenvalue weighted by Crippen LogP contribution is 2.36. The van der Waals surface area contributed by atoms with E-state index < -0.39 is 5.25 Å². The molecular formula is C18H16Cl2N2O2S. The lowest BCUT2D eigenvalue weighted by Gasteiger charge is -2.24. The second-order valence-corrected chi connectivity index (χ2v) is 7.84. The number of benzene rings is 2. The zero-order valence-electron chi connectivity index (χ0n) is 13.4. The third-order valence-corrected chi connectivity index (χ3v) is 5.72. The predicted molar refractivity (Wildman–Crippen MR) is 102 cm³/mol. The van der Waals surface area contributed by atoms with Gasteiger partial charge in [-0.05, 0) is 36.8 Å². The number of amides is 2. The van der Waals surface area contributed by atoms with E-state index in [4.69, 9.17) is 23.2 Å². The number of thioether (sulfide) groups is 1. The van der Waals surface area contributed by atoms with Gasteiger partial charge in [-0.3, -0.25) is 9.59 Å². The zero-order valence-corrected chi connectivity index (χ0v) is 15.7. The first-order valence-electron chi connectivity index (χ1n) is 7.75. The number of nitrogens with one attached hydrogen (secondary N) is 2. The van der Waals surface area contributed by atoms with Crippen LogP contribution in [0, 0.1) is 0 Å². The van der Waals surface area contributed by atoms with Crippen LogP contribution < -0.4 is 10.6 Å². The number of fused-ring (bicyclic) bond motifs is 1. The van der Waals surface area contributed by atoms with E-state index in [-0.39, 0.29) is 24.3 Å². The van der Waals surface area contributed by atoms with Gasteiger partial charge < -0.3 is 10.6 Å². The van der Waals surface area contributed by atoms with Crippen molar-refractivity contribution in [3.05, 3.63) is 58.1 Å². The molecule has 2 amide bonds. The molecule has 130 valence electrons. The van der Waals surface area contributed by atoms with Crippen molar-refractivity contribution in [3.8, 4) is 0 Å². The lowest BCUT2D eigenvalue weighted by Crippen LogP contribution is -2.35. The van der Waals surface area contributed by atoms with E-state index in [1.54, 1.807) is 18.2 Å². The minimum Gasteiger partial charge on any atom is -0.349 e. The van der Waals surface area contributed by atoms with Gasteiger partial charge in [-0.25, -0.2) is 0 Å². The lowest BCUT2D eigenvalue weighted by atomic mass is 10.1. The van der Waals surface area contributed by atoms with Crippen LogP contribution in [0.4, 0.5) is 5.69 Å². The van der Waals surface area contributed by atoms with Gasteiger partial charge in [-0.1, -0.05) is 41.4 Å². The van der Waals surface area contributed by atoms with Crippen LogP contribution in [0.25, 0.3) is 0 Å². The van der Waals surface area contributed by atoms with Crippen molar-refractivity contribution in [2.75, 3.05) is 5.32 Å². The Kier molecular flexibility index (Phi) is 5.57. The van der Waals surface area contributed by atoms with Crippen LogP contribution >= 0.6 is 35.0 Å². The second-order valence-electron chi connectivity index (χ2n) is 5.75. The van der Waals surface area contributed by atoms with Gasteiger partial charge in [0.1, 0.15) is 0 Å². The molecule has 1 heterocycles. The van der Waals surface area contributed by atoms with Crippen LogP contribution in [-0.4, -0.2) is 17.1 Å². The molecule has 0 fully saturated rings. The largest absolute Gasteiger partial charge is 0.349 e. The minimum atomic E-state index is -0.456. The maximum absolute atomic E-state index is 12.4. The second kappa shape index (κ2) is 7.68. The highest BCUT2D eigenvalue weighted by molar-refractivity contribution is 8.01. The summed E-state index contributed by atoms with van der Waals surface area (Å²) >= 11 is 13.5. The van der Waals surface area contributed by atoms with Crippen molar-refractivity contribution >= 4 is 52.5 Å². The molecule has 0 bridgehead atoms. The molecule has 1 aliphatic heterocycles. The smallest absolute Gasteiger partial charge is 0.238 e. The molecule has 2 atom stereocenters. The number of rotatable bonds is 4. The van der Waals surface area contributed by atoms with Crippen molar-refractivity contribution in [1.29, 1.82) is 0 Å². The quantitative estimate of drug-likeness (QED) is 0.791. The zero-order chi connectivity index (χ0) is 18.0. The molecule has 7 heteroatoms. The summed E-state index contributed by atoms with van der Waals surface area (Å²) in [5.74, 6) is -0.360. The summed E-state index contributed by atoms with van der Waals surface area (Å²) in [7, 11) is 0. The molecule has 0 saturated carbocycles. The number of halogens is 2. The number of para-hydroxylation sites is 1. The van der Waals surface area contributed by atoms with Crippen LogP contribution in [0.15, 0.2) is 47.4 Å². The summed E-state index contributed by atoms with van der Waals surface area (Å²) in [6, 6.07) is 12.4. The Morgan fingerprint density at radius 3 is 2.80 bits per heavy atom. The first-order valence-corrected chi connectivity index (χ1v) is 9.38. The van der Waals surface area contributed by atoms with Crippen molar-refractivity contribution in [1.82, 2.24) is 5.32 Å². The van der Waals surface area contributed by atoms with E-state index in [9.17, 15) is 9.59 Å². The standard InChI is InChI=1S/C18H16Cl2N2O2S/c1-10(12-7-6-11(19)8-13(12)20)21-17(23)9-16-18(24)22-14-4-2-3-5-15(14)25-16/h2-8,10,16H,9H2,1H3,(H,21,23)(H,22,24)/t10-,16+/m1/s1. The summed E-state index contributed by atoms with van der Waals surface area (Å²) < 4.78 is 0. The molecule has 0 radical (unpaired) electrons. The van der Waals surface area contributed by atoms with Gasteiger partial charge in [-0.15, -0.1) is 11.8 Å². The van der Waals surface area contributed by atoms with Gasteiger partial charge in [0.25, 0.3) is 0 Å². The molecule has 2 aromatic rings. The Balaban J connectivity index is 1.63. The number of hydrogen-bond donors (Lipinski definition) is 2. The monoisotopic (exact) mass is 394 g/mol. The molecule has 3 rings (SSSR count). The van der Waals surface area contributed by atoms with Gasteiger partial charge in [-0.2, -0.15) is 0 Å². The molecular weight excluding hydrogens is 379 g/mol. The molecule has 2 aromatic carbocycles. The molecule has 0 unspecified atom stereocenters. The van der Waals surface area contributed by atoms with E-state index in [0.29, 0.717) is 10.0 Å². The van der Waals surface area contributed by atoms with E-state index in [2.05, 4.69) is 10.6 Å². The Bertz CT molecular complexity index is 828. The van der Waals surface area contributed by atoms with Crippen LogP contribution in [0.3, 0.4) is 0 Å². The van der Waals surface area contributed by atoms with Crippen molar-refractivity contribution in [3.63, 3.8) is 0 Å². The van der Waals surface area contributed by atoms with Gasteiger partial charge >= 0.3 is 0 Å². The average Bonchev–Trinajstić information content (AvgIpc) is 2.55. The van der Waals surface area contributed by atoms with Crippen molar-refractivity contribution in [2.24, 2.45) is 0 Å². The first kappa shape index (κ1) is 18.1. The molecule has 4 nitrogen and oxygen atoms in total. The summed E-state index contributed by atoms with van der Waals surface area (Å²) in [6.07, 6.45) is 0.0976. The van der Waals surface area contributed by atoms with Crippen LogP contribution in [0.5, 0.6) is 0 Å². The Morgan fingerprint density at radius 1 is 1.28 bits per heavy atom. The molecule has 0 aromatic heterocycles. The Labute approximate surface area is 160 Å². The van der Waals surface area contributed by atoms with Gasteiger partial charge in [0.05, 0.1) is 17.0 Å². The Hall–Kier alpha value is -1.69. The summed E-state index contributed by atoms with van der Waals surface area (Å²) in [6.45, 7) is 1.84. The normalized spacial score (nSPS) is 17.4. The highest BCUT2D eigenvalue weighted by Gasteiger charge is 2.29. The fraction of sp³-hybridized carbons (Fsp3) is 0.222. The van der Waals surface area contributed by atoms with Crippen LogP contribution in [0.2, 0.25) is 10.0 Å². The maximum atomic E-state index is 12.4. The van der Waals surface area contributed by atoms with Crippen molar-refractivity contribution in [2.45, 2.75) is 29.5 Å². The van der Waals surface area contributed by atoms with E-state index >= 15 is 0 Å². The van der Waals surface area contributed by atoms with Gasteiger partial charge in [0.2, 0.25) is 11.8 Å². The maximum Gasteiger partial charge on any atom is 0.238 e. The fourth-order valence-electron chi connectivity index (χ4n) is 2.63. The molecule has 0 aliphatic carbocycles. The predicted octanol–water partition coefficient (Wildman–Crippen LogP) is 4.67. The van der Waals surface area contributed by atoms with Crippen LogP contribution in [-0.2, 0) is 9.59 Å². The highest BCUT2D eigenvalue weighted by atomic mass is 35.5. The Morgan fingerprint density at radius 2 is 2.04 bits per heavy atom. The van der Waals surface area contributed by atoms with Gasteiger partial charge in [0.15, 0.2) is 0 Å². The lowest BCUT2D eigenvalue weighted by molar-refractivity contribution is -0.124. The molecule has 0 saturated heterocycles. The fourth-order valence-corrected chi connectivity index (χ4v) is 4.31. The number of anilines is 1. The third-order valence-electron chi connectivity index (χ3n) is 3.88. The number of hydrogen-bond acceptors (Lipinski definition) is 3. The average molecular weight is 395 g/mol. The topological polar surface area (TPSA) is 58.2 Å². The SMILES string of the molecule is C[C@@H](NC(=O)C[C@@H]1Sc2ccccc2NC1=O)c1ccc(Cl)cc1Cl. The first-order chi connectivity index (χ1) is 11.9. The molecule has 0 spiro atoms. The number of carbonyl (C=O) groups is 2. The summed E-state index contributed by atoms with van der Waals surface area (Å²) in [4.78, 5) is 25.5. The third kappa shape index (κ3) is 4.29. The molecule has 1 aliphatic rings. The summed E-state index contributed by atoms with van der Waals surface area (Å²) in [5.41, 5.74) is 1.57. The summed E-state index contributed by atoms with van der Waals surface area (Å²) in [5, 5.41) is 6.31. The van der Waals surface area contributed by atoms with Crippen molar-refractivity contribution < 1.29 is 9.59 Å². The number of carbonyl (C=O) groups excluding carboxylic acids is 2. The van der Waals surface area contributed by atoms with Gasteiger partial charge in [0, 0.05) is 21.4 Å². The van der Waals surface area contributed by atoms with Crippen LogP contribution in [0.1, 0.15) is 24.9 Å². The molecule has 2 N–H and O–H groups in total. The van der Waals surface area contributed by atoms with E-state index in [0.717, 1.165) is 16.1 Å². The van der Waals surface area contributed by atoms with E-state index in [1.165, 1.54) is 11.8 Å². The molecule has 25 heavy (non-hydrogen) atoms. The minimum absolute atomic E-state index is 0.0976. The van der Waals surface area contributed by atoms with E-state index in [1.807, 2.05) is 31.2 Å².